The van der Waals surface area contributed by atoms with Gasteiger partial charge in [-0.15, -0.1) is 0 Å². The molecule has 0 aliphatic heterocycles. The summed E-state index contributed by atoms with van der Waals surface area (Å²) in [4.78, 5) is 0. The molecule has 2 heteroatoms. The molecule has 0 saturated heterocycles. The molecule has 0 radical (unpaired) electrons. The van der Waals surface area contributed by atoms with Gasteiger partial charge in [-0.3, -0.25) is 0 Å². The Morgan fingerprint density at radius 3 is 2.27 bits per heavy atom. The van der Waals surface area contributed by atoms with Gasteiger partial charge in [-0.05, 0) is 19.8 Å². The summed E-state index contributed by atoms with van der Waals surface area (Å²) in [5.74, 6) is 0. The van der Waals surface area contributed by atoms with E-state index in [2.05, 4.69) is 6.92 Å². The first kappa shape index (κ1) is 14.9. The first-order chi connectivity index (χ1) is 7.20. The third kappa shape index (κ3) is 10.2. The summed E-state index contributed by atoms with van der Waals surface area (Å²) in [7, 11) is 1.70. The van der Waals surface area contributed by atoms with Gasteiger partial charge in [-0.25, -0.2) is 0 Å². The molecule has 0 bridgehead atoms. The van der Waals surface area contributed by atoms with E-state index in [0.717, 1.165) is 19.3 Å². The Morgan fingerprint density at radius 2 is 1.67 bits per heavy atom. The monoisotopic (exact) mass is 216 g/mol. The molecule has 0 heterocycles. The van der Waals surface area contributed by atoms with Crippen LogP contribution in [-0.4, -0.2) is 24.4 Å². The van der Waals surface area contributed by atoms with E-state index in [9.17, 15) is 5.11 Å². The Balaban J connectivity index is 3.20. The molecule has 0 aliphatic rings. The molecule has 92 valence electrons. The van der Waals surface area contributed by atoms with Crippen molar-refractivity contribution in [3.05, 3.63) is 0 Å². The lowest BCUT2D eigenvalue weighted by Gasteiger charge is -2.14. The van der Waals surface area contributed by atoms with Crippen molar-refractivity contribution in [1.82, 2.24) is 0 Å². The lowest BCUT2D eigenvalue weighted by Crippen LogP contribution is -2.16. The fraction of sp³-hybridized carbons (Fsp3) is 1.00. The van der Waals surface area contributed by atoms with Crippen molar-refractivity contribution >= 4 is 0 Å². The minimum absolute atomic E-state index is 0.175. The smallest absolute Gasteiger partial charge is 0.0567 e. The maximum atomic E-state index is 9.67. The van der Waals surface area contributed by atoms with Crippen molar-refractivity contribution in [3.8, 4) is 0 Å². The summed E-state index contributed by atoms with van der Waals surface area (Å²) >= 11 is 0. The Labute approximate surface area is 95.0 Å². The van der Waals surface area contributed by atoms with E-state index in [0.29, 0.717) is 0 Å². The summed E-state index contributed by atoms with van der Waals surface area (Å²) in [6, 6.07) is 0. The summed E-state index contributed by atoms with van der Waals surface area (Å²) in [6.45, 7) is 4.24. The van der Waals surface area contributed by atoms with E-state index in [1.165, 1.54) is 32.1 Å². The highest BCUT2D eigenvalue weighted by Gasteiger charge is 2.08. The van der Waals surface area contributed by atoms with Crippen molar-refractivity contribution < 1.29 is 9.84 Å². The van der Waals surface area contributed by atoms with E-state index in [1.807, 2.05) is 6.92 Å². The van der Waals surface area contributed by atoms with Crippen LogP contribution in [0.25, 0.3) is 0 Å². The molecular formula is C13H28O2. The Bertz CT molecular complexity index is 126. The van der Waals surface area contributed by atoms with Crippen LogP contribution in [0.1, 0.15) is 65.2 Å². The molecule has 0 aromatic carbocycles. The number of hydrogen-bond donors (Lipinski definition) is 1. The predicted molar refractivity (Wildman–Crippen MR) is 65.1 cm³/mol. The van der Waals surface area contributed by atoms with Gasteiger partial charge in [0.25, 0.3) is 0 Å². The lowest BCUT2D eigenvalue weighted by molar-refractivity contribution is 0.0518. The summed E-state index contributed by atoms with van der Waals surface area (Å²) < 4.78 is 5.12. The fourth-order valence-corrected chi connectivity index (χ4v) is 1.76. The predicted octanol–water partition coefficient (Wildman–Crippen LogP) is 3.52. The number of aliphatic hydroxyl groups is 1. The minimum Gasteiger partial charge on any atom is -0.393 e. The van der Waals surface area contributed by atoms with E-state index < -0.39 is 0 Å². The van der Waals surface area contributed by atoms with Gasteiger partial charge in [0.15, 0.2) is 0 Å². The van der Waals surface area contributed by atoms with Gasteiger partial charge in [-0.2, -0.15) is 0 Å². The van der Waals surface area contributed by atoms with Crippen LogP contribution in [0.2, 0.25) is 0 Å². The zero-order chi connectivity index (χ0) is 11.5. The standard InChI is InChI=1S/C13H28O2/c1-4-5-6-7-8-9-10-13(14)11-12(2)15-3/h12-14H,4-11H2,1-3H3. The van der Waals surface area contributed by atoms with Crippen LogP contribution in [0.5, 0.6) is 0 Å². The molecule has 0 saturated carbocycles. The lowest BCUT2D eigenvalue weighted by atomic mass is 10.0. The van der Waals surface area contributed by atoms with Gasteiger partial charge in [0.2, 0.25) is 0 Å². The average molecular weight is 216 g/mol. The summed E-state index contributed by atoms with van der Waals surface area (Å²) in [5, 5.41) is 9.67. The molecule has 2 unspecified atom stereocenters. The summed E-state index contributed by atoms with van der Waals surface area (Å²) in [5.41, 5.74) is 0. The topological polar surface area (TPSA) is 29.5 Å². The van der Waals surface area contributed by atoms with E-state index >= 15 is 0 Å². The maximum absolute atomic E-state index is 9.67. The number of aliphatic hydroxyl groups excluding tert-OH is 1. The van der Waals surface area contributed by atoms with Crippen LogP contribution < -0.4 is 0 Å². The second kappa shape index (κ2) is 10.4. The van der Waals surface area contributed by atoms with E-state index in [1.54, 1.807) is 7.11 Å². The molecule has 15 heavy (non-hydrogen) atoms. The molecular weight excluding hydrogens is 188 g/mol. The number of methoxy groups -OCH3 is 1. The highest BCUT2D eigenvalue weighted by molar-refractivity contribution is 4.61. The number of hydrogen-bond acceptors (Lipinski definition) is 2. The summed E-state index contributed by atoms with van der Waals surface area (Å²) in [6.07, 6.45) is 9.44. The van der Waals surface area contributed by atoms with Crippen LogP contribution in [0.15, 0.2) is 0 Å². The van der Waals surface area contributed by atoms with Crippen LogP contribution >= 0.6 is 0 Å². The van der Waals surface area contributed by atoms with Crippen molar-refractivity contribution in [2.75, 3.05) is 7.11 Å². The average Bonchev–Trinajstić information content (AvgIpc) is 2.23. The fourth-order valence-electron chi connectivity index (χ4n) is 1.76. The van der Waals surface area contributed by atoms with Gasteiger partial charge < -0.3 is 9.84 Å². The van der Waals surface area contributed by atoms with Crippen LogP contribution in [0.3, 0.4) is 0 Å². The maximum Gasteiger partial charge on any atom is 0.0567 e. The van der Waals surface area contributed by atoms with E-state index in [4.69, 9.17) is 4.74 Å². The number of ether oxygens (including phenoxy) is 1. The van der Waals surface area contributed by atoms with Gasteiger partial charge in [0.1, 0.15) is 0 Å². The number of unbranched alkanes of at least 4 members (excludes halogenated alkanes) is 5. The van der Waals surface area contributed by atoms with Crippen molar-refractivity contribution in [2.45, 2.75) is 77.4 Å². The molecule has 0 aromatic rings. The number of rotatable bonds is 10. The normalized spacial score (nSPS) is 15.2. The second-order valence-corrected chi connectivity index (χ2v) is 4.49. The van der Waals surface area contributed by atoms with Gasteiger partial charge in [-0.1, -0.05) is 45.4 Å². The quantitative estimate of drug-likeness (QED) is 0.566. The second-order valence-electron chi connectivity index (χ2n) is 4.49. The highest BCUT2D eigenvalue weighted by atomic mass is 16.5. The molecule has 0 fully saturated rings. The van der Waals surface area contributed by atoms with Crippen LogP contribution in [0, 0.1) is 0 Å². The Morgan fingerprint density at radius 1 is 1.07 bits per heavy atom. The SMILES string of the molecule is CCCCCCCCC(O)CC(C)OC. The van der Waals surface area contributed by atoms with Crippen molar-refractivity contribution in [1.29, 1.82) is 0 Å². The van der Waals surface area contributed by atoms with E-state index in [-0.39, 0.29) is 12.2 Å². The molecule has 2 atom stereocenters. The zero-order valence-corrected chi connectivity index (χ0v) is 10.7. The largest absolute Gasteiger partial charge is 0.393 e. The van der Waals surface area contributed by atoms with Gasteiger partial charge in [0, 0.05) is 7.11 Å². The zero-order valence-electron chi connectivity index (χ0n) is 10.7. The van der Waals surface area contributed by atoms with Crippen LogP contribution in [-0.2, 0) is 4.74 Å². The molecule has 2 nitrogen and oxygen atoms in total. The molecule has 0 rings (SSSR count). The van der Waals surface area contributed by atoms with Crippen molar-refractivity contribution in [3.63, 3.8) is 0 Å². The van der Waals surface area contributed by atoms with Gasteiger partial charge >= 0.3 is 0 Å². The minimum atomic E-state index is -0.175. The first-order valence-corrected chi connectivity index (χ1v) is 6.41. The van der Waals surface area contributed by atoms with Crippen LogP contribution in [0.4, 0.5) is 0 Å². The Hall–Kier alpha value is -0.0800. The Kier molecular flexibility index (Phi) is 10.4. The molecule has 0 aliphatic carbocycles. The van der Waals surface area contributed by atoms with Crippen molar-refractivity contribution in [2.24, 2.45) is 0 Å². The molecule has 0 spiro atoms. The molecule has 0 amide bonds. The molecule has 0 aromatic heterocycles. The third-order valence-electron chi connectivity index (χ3n) is 2.90. The highest BCUT2D eigenvalue weighted by Crippen LogP contribution is 2.11. The third-order valence-corrected chi connectivity index (χ3v) is 2.90. The molecule has 1 N–H and O–H groups in total. The first-order valence-electron chi connectivity index (χ1n) is 6.41. The van der Waals surface area contributed by atoms with Gasteiger partial charge in [0.05, 0.1) is 12.2 Å².